The second-order valence-electron chi connectivity index (χ2n) is 6.16. The van der Waals surface area contributed by atoms with Crippen molar-refractivity contribution in [3.63, 3.8) is 0 Å². The Labute approximate surface area is 151 Å². The number of nitrogens with one attached hydrogen (secondary N) is 1. The second-order valence-corrected chi connectivity index (χ2v) is 6.16. The summed E-state index contributed by atoms with van der Waals surface area (Å²) in [6.07, 6.45) is 0. The first kappa shape index (κ1) is 17.7. The Hall–Kier alpha value is -3.15. The third-order valence-electron chi connectivity index (χ3n) is 4.21. The molecule has 2 aromatic rings. The van der Waals surface area contributed by atoms with Crippen LogP contribution >= 0.6 is 0 Å². The summed E-state index contributed by atoms with van der Waals surface area (Å²) in [4.78, 5) is 37.8. The minimum absolute atomic E-state index is 0.0241. The molecule has 0 aromatic heterocycles. The molecular weight excluding hydrogens is 332 g/mol. The molecule has 0 radical (unpaired) electrons. The van der Waals surface area contributed by atoms with E-state index < -0.39 is 12.0 Å². The summed E-state index contributed by atoms with van der Waals surface area (Å²) in [5.41, 5.74) is 2.30. The number of carbonyl (C=O) groups excluding carboxylic acids is 3. The van der Waals surface area contributed by atoms with Gasteiger partial charge in [0.1, 0.15) is 12.6 Å². The molecule has 1 heterocycles. The highest BCUT2D eigenvalue weighted by Crippen LogP contribution is 2.24. The molecule has 2 amide bonds. The van der Waals surface area contributed by atoms with Crippen molar-refractivity contribution in [2.24, 2.45) is 0 Å². The van der Waals surface area contributed by atoms with Crippen molar-refractivity contribution >= 4 is 17.8 Å². The molecule has 0 unspecified atom stereocenters. The zero-order chi connectivity index (χ0) is 18.5. The number of piperazine rings is 1. The summed E-state index contributed by atoms with van der Waals surface area (Å²) in [6.45, 7) is 1.79. The Morgan fingerprint density at radius 1 is 1.12 bits per heavy atom. The van der Waals surface area contributed by atoms with Crippen LogP contribution in [0.1, 0.15) is 29.7 Å². The summed E-state index contributed by atoms with van der Waals surface area (Å²) >= 11 is 0. The standard InChI is InChI=1S/C20H20N2O4/c1-14(23)26-13-16-9-5-6-10-17(16)19-20(25)22(12-18(24)21-19)11-15-7-3-2-4-8-15/h2-10,19H,11-13H2,1H3,(H,21,24)/t19-/m0/s1. The van der Waals surface area contributed by atoms with Crippen LogP contribution in [0, 0.1) is 0 Å². The lowest BCUT2D eigenvalue weighted by Gasteiger charge is -2.33. The maximum absolute atomic E-state index is 13.0. The van der Waals surface area contributed by atoms with Gasteiger partial charge < -0.3 is 15.0 Å². The highest BCUT2D eigenvalue weighted by molar-refractivity contribution is 5.95. The van der Waals surface area contributed by atoms with Crippen LogP contribution in [0.15, 0.2) is 54.6 Å². The van der Waals surface area contributed by atoms with Crippen LogP contribution in [0.4, 0.5) is 0 Å². The first-order chi connectivity index (χ1) is 12.5. The third kappa shape index (κ3) is 4.08. The molecule has 0 saturated carbocycles. The molecule has 134 valence electrons. The van der Waals surface area contributed by atoms with Gasteiger partial charge in [-0.2, -0.15) is 0 Å². The van der Waals surface area contributed by atoms with Gasteiger partial charge in [0.15, 0.2) is 0 Å². The van der Waals surface area contributed by atoms with Crippen LogP contribution in [-0.2, 0) is 32.3 Å². The number of ether oxygens (including phenoxy) is 1. The summed E-state index contributed by atoms with van der Waals surface area (Å²) in [6, 6.07) is 15.9. The summed E-state index contributed by atoms with van der Waals surface area (Å²) in [5, 5.41) is 2.76. The van der Waals surface area contributed by atoms with Gasteiger partial charge in [-0.25, -0.2) is 0 Å². The predicted octanol–water partition coefficient (Wildman–Crippen LogP) is 1.95. The molecule has 1 N–H and O–H groups in total. The first-order valence-electron chi connectivity index (χ1n) is 8.38. The Balaban J connectivity index is 1.84. The van der Waals surface area contributed by atoms with Gasteiger partial charge in [-0.15, -0.1) is 0 Å². The number of hydrogen-bond acceptors (Lipinski definition) is 4. The molecule has 2 aromatic carbocycles. The zero-order valence-electron chi connectivity index (χ0n) is 14.5. The SMILES string of the molecule is CC(=O)OCc1ccccc1[C@@H]1NC(=O)CN(Cc2ccccc2)C1=O. The van der Waals surface area contributed by atoms with E-state index in [1.165, 1.54) is 6.92 Å². The van der Waals surface area contributed by atoms with Crippen LogP contribution in [-0.4, -0.2) is 29.2 Å². The molecule has 0 spiro atoms. The quantitative estimate of drug-likeness (QED) is 0.835. The molecule has 6 nitrogen and oxygen atoms in total. The van der Waals surface area contributed by atoms with E-state index in [0.29, 0.717) is 17.7 Å². The molecule has 1 aliphatic heterocycles. The normalized spacial score (nSPS) is 17.0. The van der Waals surface area contributed by atoms with Crippen molar-refractivity contribution in [3.8, 4) is 0 Å². The van der Waals surface area contributed by atoms with Crippen molar-refractivity contribution in [2.75, 3.05) is 6.54 Å². The van der Waals surface area contributed by atoms with E-state index in [2.05, 4.69) is 5.32 Å². The van der Waals surface area contributed by atoms with Crippen molar-refractivity contribution < 1.29 is 19.1 Å². The van der Waals surface area contributed by atoms with Gasteiger partial charge in [-0.1, -0.05) is 54.6 Å². The fourth-order valence-electron chi connectivity index (χ4n) is 2.98. The number of benzene rings is 2. The first-order valence-corrected chi connectivity index (χ1v) is 8.38. The Morgan fingerprint density at radius 2 is 1.81 bits per heavy atom. The van der Waals surface area contributed by atoms with E-state index in [0.717, 1.165) is 5.56 Å². The second kappa shape index (κ2) is 7.82. The summed E-state index contributed by atoms with van der Waals surface area (Å²) in [7, 11) is 0. The van der Waals surface area contributed by atoms with Gasteiger partial charge in [0.05, 0.1) is 6.54 Å². The molecule has 0 aliphatic carbocycles. The topological polar surface area (TPSA) is 75.7 Å². The van der Waals surface area contributed by atoms with Crippen molar-refractivity contribution in [3.05, 3.63) is 71.3 Å². The van der Waals surface area contributed by atoms with Gasteiger partial charge >= 0.3 is 5.97 Å². The molecule has 1 aliphatic rings. The van der Waals surface area contributed by atoms with E-state index in [1.807, 2.05) is 30.3 Å². The smallest absolute Gasteiger partial charge is 0.302 e. The monoisotopic (exact) mass is 352 g/mol. The largest absolute Gasteiger partial charge is 0.461 e. The number of esters is 1. The van der Waals surface area contributed by atoms with Crippen LogP contribution < -0.4 is 5.32 Å². The lowest BCUT2D eigenvalue weighted by Crippen LogP contribution is -2.53. The molecule has 1 fully saturated rings. The van der Waals surface area contributed by atoms with Crippen LogP contribution in [0.3, 0.4) is 0 Å². The van der Waals surface area contributed by atoms with Gasteiger partial charge in [0.25, 0.3) is 5.91 Å². The van der Waals surface area contributed by atoms with Gasteiger partial charge in [-0.3, -0.25) is 14.4 Å². The van der Waals surface area contributed by atoms with Crippen molar-refractivity contribution in [2.45, 2.75) is 26.1 Å². The van der Waals surface area contributed by atoms with Crippen LogP contribution in [0.2, 0.25) is 0 Å². The van der Waals surface area contributed by atoms with E-state index in [9.17, 15) is 14.4 Å². The number of carbonyl (C=O) groups is 3. The van der Waals surface area contributed by atoms with E-state index >= 15 is 0 Å². The Kier molecular flexibility index (Phi) is 5.31. The average Bonchev–Trinajstić information content (AvgIpc) is 2.64. The van der Waals surface area contributed by atoms with Crippen LogP contribution in [0.5, 0.6) is 0 Å². The minimum Gasteiger partial charge on any atom is -0.461 e. The highest BCUT2D eigenvalue weighted by atomic mass is 16.5. The molecule has 26 heavy (non-hydrogen) atoms. The zero-order valence-corrected chi connectivity index (χ0v) is 14.5. The highest BCUT2D eigenvalue weighted by Gasteiger charge is 2.34. The maximum Gasteiger partial charge on any atom is 0.302 e. The number of rotatable bonds is 5. The molecule has 6 heteroatoms. The molecular formula is C20H20N2O4. The van der Waals surface area contributed by atoms with E-state index in [4.69, 9.17) is 4.74 Å². The number of hydrogen-bond donors (Lipinski definition) is 1. The maximum atomic E-state index is 13.0. The fourth-order valence-corrected chi connectivity index (χ4v) is 2.98. The van der Waals surface area contributed by atoms with Gasteiger partial charge in [-0.05, 0) is 16.7 Å². The average molecular weight is 352 g/mol. The van der Waals surface area contributed by atoms with Gasteiger partial charge in [0, 0.05) is 13.5 Å². The predicted molar refractivity (Wildman–Crippen MR) is 94.7 cm³/mol. The molecule has 0 bridgehead atoms. The number of nitrogens with zero attached hydrogens (tertiary/aromatic N) is 1. The molecule has 1 saturated heterocycles. The Bertz CT molecular complexity index is 820. The third-order valence-corrected chi connectivity index (χ3v) is 4.21. The van der Waals surface area contributed by atoms with Gasteiger partial charge in [0.2, 0.25) is 5.91 Å². The summed E-state index contributed by atoms with van der Waals surface area (Å²) < 4.78 is 5.07. The van der Waals surface area contributed by atoms with Crippen LogP contribution in [0.25, 0.3) is 0 Å². The Morgan fingerprint density at radius 3 is 2.54 bits per heavy atom. The minimum atomic E-state index is -0.785. The lowest BCUT2D eigenvalue weighted by atomic mass is 9.97. The van der Waals surface area contributed by atoms with Crippen molar-refractivity contribution in [1.82, 2.24) is 10.2 Å². The fraction of sp³-hybridized carbons (Fsp3) is 0.250. The molecule has 3 rings (SSSR count). The van der Waals surface area contributed by atoms with Crippen molar-refractivity contribution in [1.29, 1.82) is 0 Å². The lowest BCUT2D eigenvalue weighted by molar-refractivity contribution is -0.145. The molecule has 1 atom stereocenters. The van der Waals surface area contributed by atoms with E-state index in [1.54, 1.807) is 29.2 Å². The summed E-state index contributed by atoms with van der Waals surface area (Å²) in [5.74, 6) is -0.791. The van der Waals surface area contributed by atoms with E-state index in [-0.39, 0.29) is 25.0 Å². The number of amides is 2.